The van der Waals surface area contributed by atoms with Gasteiger partial charge in [-0.1, -0.05) is 6.07 Å². The first-order chi connectivity index (χ1) is 13.7. The molecule has 0 aliphatic carbocycles. The number of aromatic nitrogens is 3. The minimum Gasteiger partial charge on any atom is -0.497 e. The van der Waals surface area contributed by atoms with Crippen LogP contribution in [0.1, 0.15) is 0 Å². The molecule has 2 N–H and O–H groups in total. The van der Waals surface area contributed by atoms with Gasteiger partial charge < -0.3 is 29.6 Å². The van der Waals surface area contributed by atoms with E-state index in [1.807, 2.05) is 24.3 Å². The Bertz CT molecular complexity index is 926. The van der Waals surface area contributed by atoms with Crippen LogP contribution in [-0.4, -0.2) is 43.6 Å². The van der Waals surface area contributed by atoms with Crippen molar-refractivity contribution < 1.29 is 18.9 Å². The fourth-order valence-corrected chi connectivity index (χ4v) is 2.55. The molecule has 0 bridgehead atoms. The Balaban J connectivity index is 1.83. The summed E-state index contributed by atoms with van der Waals surface area (Å²) >= 11 is 0. The van der Waals surface area contributed by atoms with Crippen LogP contribution in [0.15, 0.2) is 42.6 Å². The molecule has 0 saturated carbocycles. The van der Waals surface area contributed by atoms with Crippen molar-refractivity contribution >= 4 is 23.1 Å². The van der Waals surface area contributed by atoms with E-state index in [1.54, 1.807) is 40.6 Å². The summed E-state index contributed by atoms with van der Waals surface area (Å²) in [4.78, 5) is 4.42. The second-order valence-corrected chi connectivity index (χ2v) is 5.56. The van der Waals surface area contributed by atoms with Gasteiger partial charge in [0.1, 0.15) is 5.75 Å². The Labute approximate surface area is 162 Å². The number of ether oxygens (including phenoxy) is 4. The summed E-state index contributed by atoms with van der Waals surface area (Å²) in [5, 5.41) is 14.2. The van der Waals surface area contributed by atoms with E-state index >= 15 is 0 Å². The van der Waals surface area contributed by atoms with Crippen LogP contribution in [0.5, 0.6) is 23.0 Å². The molecule has 0 atom stereocenters. The molecule has 0 fully saturated rings. The third-order valence-corrected chi connectivity index (χ3v) is 3.82. The van der Waals surface area contributed by atoms with Gasteiger partial charge in [0, 0.05) is 29.6 Å². The van der Waals surface area contributed by atoms with Crippen molar-refractivity contribution in [3.8, 4) is 23.0 Å². The number of nitrogens with one attached hydrogen (secondary N) is 2. The number of rotatable bonds is 8. The zero-order valence-corrected chi connectivity index (χ0v) is 16.0. The van der Waals surface area contributed by atoms with Crippen molar-refractivity contribution in [3.05, 3.63) is 42.6 Å². The maximum atomic E-state index is 5.36. The Kier molecular flexibility index (Phi) is 5.95. The predicted octanol–water partition coefficient (Wildman–Crippen LogP) is 3.39. The molecule has 2 aromatic carbocycles. The Morgan fingerprint density at radius 1 is 0.786 bits per heavy atom. The van der Waals surface area contributed by atoms with Crippen LogP contribution in [0.4, 0.5) is 23.1 Å². The third kappa shape index (κ3) is 4.32. The zero-order chi connectivity index (χ0) is 19.9. The average molecular weight is 383 g/mol. The average Bonchev–Trinajstić information content (AvgIpc) is 2.73. The van der Waals surface area contributed by atoms with Crippen LogP contribution in [0.25, 0.3) is 0 Å². The summed E-state index contributed by atoms with van der Waals surface area (Å²) < 4.78 is 21.3. The normalized spacial score (nSPS) is 10.1. The van der Waals surface area contributed by atoms with E-state index in [0.29, 0.717) is 34.7 Å². The van der Waals surface area contributed by atoms with Gasteiger partial charge in [0.2, 0.25) is 11.7 Å². The largest absolute Gasteiger partial charge is 0.497 e. The van der Waals surface area contributed by atoms with E-state index in [4.69, 9.17) is 18.9 Å². The van der Waals surface area contributed by atoms with E-state index in [9.17, 15) is 0 Å². The van der Waals surface area contributed by atoms with Gasteiger partial charge in [-0.2, -0.15) is 10.1 Å². The van der Waals surface area contributed by atoms with Crippen molar-refractivity contribution in [2.45, 2.75) is 0 Å². The van der Waals surface area contributed by atoms with Gasteiger partial charge in [-0.15, -0.1) is 5.10 Å². The minimum atomic E-state index is 0.308. The lowest BCUT2D eigenvalue weighted by Crippen LogP contribution is -2.03. The molecular formula is C19H21N5O4. The molecule has 0 aliphatic heterocycles. The number of methoxy groups -OCH3 is 4. The van der Waals surface area contributed by atoms with E-state index < -0.39 is 0 Å². The zero-order valence-electron chi connectivity index (χ0n) is 16.0. The summed E-state index contributed by atoms with van der Waals surface area (Å²) in [5.41, 5.74) is 1.48. The summed E-state index contributed by atoms with van der Waals surface area (Å²) in [6, 6.07) is 11.0. The molecule has 3 rings (SSSR count). The molecule has 9 nitrogen and oxygen atoms in total. The number of benzene rings is 2. The first-order valence-electron chi connectivity index (χ1n) is 8.34. The Hall–Kier alpha value is -3.75. The molecule has 3 aromatic rings. The molecule has 0 radical (unpaired) electrons. The highest BCUT2D eigenvalue weighted by Gasteiger charge is 2.14. The minimum absolute atomic E-state index is 0.308. The lowest BCUT2D eigenvalue weighted by atomic mass is 10.2. The fourth-order valence-electron chi connectivity index (χ4n) is 2.55. The van der Waals surface area contributed by atoms with Crippen molar-refractivity contribution in [2.24, 2.45) is 0 Å². The van der Waals surface area contributed by atoms with Crippen LogP contribution < -0.4 is 29.6 Å². The fraction of sp³-hybridized carbons (Fsp3) is 0.211. The van der Waals surface area contributed by atoms with Crippen LogP contribution >= 0.6 is 0 Å². The number of anilines is 4. The van der Waals surface area contributed by atoms with Crippen molar-refractivity contribution in [2.75, 3.05) is 39.1 Å². The summed E-state index contributed by atoms with van der Waals surface area (Å²) in [7, 11) is 6.27. The molecule has 0 spiro atoms. The lowest BCUT2D eigenvalue weighted by Gasteiger charge is -2.14. The van der Waals surface area contributed by atoms with E-state index in [0.717, 1.165) is 11.4 Å². The first kappa shape index (κ1) is 19.0. The van der Waals surface area contributed by atoms with Crippen molar-refractivity contribution in [3.63, 3.8) is 0 Å². The maximum Gasteiger partial charge on any atom is 0.249 e. The molecule has 0 aliphatic rings. The summed E-state index contributed by atoms with van der Waals surface area (Å²) in [6.45, 7) is 0. The summed E-state index contributed by atoms with van der Waals surface area (Å²) in [6.07, 6.45) is 1.53. The van der Waals surface area contributed by atoms with Gasteiger partial charge in [0.15, 0.2) is 17.3 Å². The molecule has 1 aromatic heterocycles. The van der Waals surface area contributed by atoms with E-state index in [1.165, 1.54) is 6.20 Å². The molecule has 146 valence electrons. The Morgan fingerprint density at radius 3 is 2.18 bits per heavy atom. The van der Waals surface area contributed by atoms with E-state index in [2.05, 4.69) is 25.8 Å². The first-order valence-corrected chi connectivity index (χ1v) is 8.34. The smallest absolute Gasteiger partial charge is 0.249 e. The topological polar surface area (TPSA) is 99.7 Å². The van der Waals surface area contributed by atoms with Gasteiger partial charge in [-0.3, -0.25) is 0 Å². The quantitative estimate of drug-likeness (QED) is 0.606. The van der Waals surface area contributed by atoms with Crippen LogP contribution in [-0.2, 0) is 0 Å². The molecule has 1 heterocycles. The standard InChI is InChI=1S/C19H21N5O4/c1-25-14-7-5-6-12(8-14)21-17-11-20-24-19(23-17)22-13-9-15(26-2)18(28-4)16(10-13)27-3/h5-11H,1-4H3,(H2,21,22,23,24). The SMILES string of the molecule is COc1cccc(Nc2cnnc(Nc3cc(OC)c(OC)c(OC)c3)n2)c1. The van der Waals surface area contributed by atoms with E-state index in [-0.39, 0.29) is 0 Å². The molecule has 28 heavy (non-hydrogen) atoms. The molecule has 0 unspecified atom stereocenters. The van der Waals surface area contributed by atoms with Crippen LogP contribution in [0.3, 0.4) is 0 Å². The van der Waals surface area contributed by atoms with Gasteiger partial charge in [-0.05, 0) is 12.1 Å². The monoisotopic (exact) mass is 383 g/mol. The highest BCUT2D eigenvalue weighted by atomic mass is 16.5. The highest BCUT2D eigenvalue weighted by Crippen LogP contribution is 2.40. The predicted molar refractivity (Wildman–Crippen MR) is 105 cm³/mol. The maximum absolute atomic E-state index is 5.36. The van der Waals surface area contributed by atoms with Crippen LogP contribution in [0.2, 0.25) is 0 Å². The number of hydrogen-bond donors (Lipinski definition) is 2. The van der Waals surface area contributed by atoms with Gasteiger partial charge in [0.05, 0.1) is 34.6 Å². The molecule has 0 saturated heterocycles. The van der Waals surface area contributed by atoms with Gasteiger partial charge >= 0.3 is 0 Å². The number of nitrogens with zero attached hydrogens (tertiary/aromatic N) is 3. The summed E-state index contributed by atoms with van der Waals surface area (Å²) in [5.74, 6) is 3.11. The molecule has 0 amide bonds. The Morgan fingerprint density at radius 2 is 1.54 bits per heavy atom. The van der Waals surface area contributed by atoms with Crippen LogP contribution in [0, 0.1) is 0 Å². The van der Waals surface area contributed by atoms with Gasteiger partial charge in [0.25, 0.3) is 0 Å². The molecular weight excluding hydrogens is 362 g/mol. The lowest BCUT2D eigenvalue weighted by molar-refractivity contribution is 0.324. The third-order valence-electron chi connectivity index (χ3n) is 3.82. The van der Waals surface area contributed by atoms with Crippen molar-refractivity contribution in [1.82, 2.24) is 15.2 Å². The van der Waals surface area contributed by atoms with Crippen molar-refractivity contribution in [1.29, 1.82) is 0 Å². The highest BCUT2D eigenvalue weighted by molar-refractivity contribution is 5.66. The molecule has 9 heteroatoms. The second kappa shape index (κ2) is 8.76. The second-order valence-electron chi connectivity index (χ2n) is 5.56. The number of hydrogen-bond acceptors (Lipinski definition) is 9. The van der Waals surface area contributed by atoms with Gasteiger partial charge in [-0.25, -0.2) is 0 Å².